The number of hydrogen-bond donors (Lipinski definition) is 2. The van der Waals surface area contributed by atoms with E-state index in [1.807, 2.05) is 20.8 Å². The van der Waals surface area contributed by atoms with Crippen LogP contribution in [0.4, 0.5) is 5.82 Å². The summed E-state index contributed by atoms with van der Waals surface area (Å²) in [5.74, 6) is 1.61. The van der Waals surface area contributed by atoms with Gasteiger partial charge < -0.3 is 14.6 Å². The molecule has 0 atom stereocenters. The lowest BCUT2D eigenvalue weighted by atomic mass is 10.3. The minimum atomic E-state index is -4.02. The van der Waals surface area contributed by atoms with Gasteiger partial charge in [0.15, 0.2) is 10.0 Å². The Morgan fingerprint density at radius 3 is 2.55 bits per heavy atom. The molecule has 0 aliphatic carbocycles. The fourth-order valence-electron chi connectivity index (χ4n) is 1.27. The summed E-state index contributed by atoms with van der Waals surface area (Å²) in [5.41, 5.74) is 1.04. The molecular formula is C12H17BrN2O5S2. The van der Waals surface area contributed by atoms with Gasteiger partial charge in [-0.2, -0.15) is 8.42 Å². The molecule has 0 aliphatic rings. The second kappa shape index (κ2) is 8.63. The normalized spacial score (nSPS) is 11.0. The van der Waals surface area contributed by atoms with Gasteiger partial charge in [-0.1, -0.05) is 5.16 Å². The molecule has 0 spiro atoms. The van der Waals surface area contributed by atoms with Crippen LogP contribution in [-0.4, -0.2) is 31.5 Å². The first kappa shape index (κ1) is 19.1. The summed E-state index contributed by atoms with van der Waals surface area (Å²) in [4.78, 5) is 0. The monoisotopic (exact) mass is 412 g/mol. The third-order valence-electron chi connectivity index (χ3n) is 2.52. The highest BCUT2D eigenvalue weighted by Gasteiger charge is 2.14. The van der Waals surface area contributed by atoms with E-state index in [9.17, 15) is 8.42 Å². The van der Waals surface area contributed by atoms with Gasteiger partial charge in [-0.15, -0.1) is 11.3 Å². The molecule has 10 heteroatoms. The van der Waals surface area contributed by atoms with E-state index in [4.69, 9.17) is 13.8 Å². The second-order valence-corrected chi connectivity index (χ2v) is 7.44. The van der Waals surface area contributed by atoms with Gasteiger partial charge in [-0.25, -0.2) is 0 Å². The van der Waals surface area contributed by atoms with Gasteiger partial charge in [-0.3, -0.25) is 4.55 Å². The lowest BCUT2D eigenvalue weighted by Gasteiger charge is -2.01. The number of nitrogens with one attached hydrogen (secondary N) is 1. The number of aromatic nitrogens is 1. The summed E-state index contributed by atoms with van der Waals surface area (Å²) < 4.78 is 39.8. The first-order chi connectivity index (χ1) is 10.3. The SMILES string of the molecule is CCOCNc1noc(C)c1C.O=S(=O)(O)c1sccc1Br. The van der Waals surface area contributed by atoms with Gasteiger partial charge in [-0.05, 0) is 48.1 Å². The lowest BCUT2D eigenvalue weighted by molar-refractivity contribution is 0.166. The Morgan fingerprint density at radius 1 is 1.50 bits per heavy atom. The van der Waals surface area contributed by atoms with Crippen LogP contribution in [0.3, 0.4) is 0 Å². The second-order valence-electron chi connectivity index (χ2n) is 4.06. The average Bonchev–Trinajstić information content (AvgIpc) is 3.00. The van der Waals surface area contributed by atoms with Gasteiger partial charge in [0.2, 0.25) is 0 Å². The molecule has 2 heterocycles. The molecule has 0 radical (unpaired) electrons. The number of nitrogens with zero attached hydrogens (tertiary/aromatic N) is 1. The van der Waals surface area contributed by atoms with Crippen LogP contribution in [0.5, 0.6) is 0 Å². The van der Waals surface area contributed by atoms with E-state index in [2.05, 4.69) is 26.4 Å². The van der Waals surface area contributed by atoms with Crippen molar-refractivity contribution in [3.8, 4) is 0 Å². The molecule has 22 heavy (non-hydrogen) atoms. The largest absolute Gasteiger partial charge is 0.362 e. The van der Waals surface area contributed by atoms with Crippen LogP contribution in [-0.2, 0) is 14.9 Å². The molecule has 0 saturated carbocycles. The predicted octanol–water partition coefficient (Wildman–Crippen LogP) is 3.45. The van der Waals surface area contributed by atoms with E-state index in [-0.39, 0.29) is 4.21 Å². The van der Waals surface area contributed by atoms with Gasteiger partial charge in [0.25, 0.3) is 0 Å². The Kier molecular flexibility index (Phi) is 7.49. The fraction of sp³-hybridized carbons (Fsp3) is 0.417. The van der Waals surface area contributed by atoms with Crippen LogP contribution in [0, 0.1) is 13.8 Å². The van der Waals surface area contributed by atoms with Gasteiger partial charge in [0.1, 0.15) is 12.5 Å². The van der Waals surface area contributed by atoms with Crippen molar-refractivity contribution >= 4 is 43.2 Å². The molecule has 2 N–H and O–H groups in total. The molecule has 124 valence electrons. The molecule has 2 aromatic rings. The van der Waals surface area contributed by atoms with Gasteiger partial charge in [0.05, 0.1) is 0 Å². The van der Waals surface area contributed by atoms with Crippen molar-refractivity contribution in [1.29, 1.82) is 0 Å². The predicted molar refractivity (Wildman–Crippen MR) is 87.9 cm³/mol. The molecule has 0 aliphatic heterocycles. The lowest BCUT2D eigenvalue weighted by Crippen LogP contribution is -2.06. The Bertz CT molecular complexity index is 696. The highest BCUT2D eigenvalue weighted by Crippen LogP contribution is 2.26. The Hall–Kier alpha value is -0.940. The third kappa shape index (κ3) is 5.69. The highest BCUT2D eigenvalue weighted by atomic mass is 79.9. The molecule has 0 amide bonds. The quantitative estimate of drug-likeness (QED) is 0.440. The molecule has 7 nitrogen and oxygen atoms in total. The molecule has 0 aromatic carbocycles. The standard InChI is InChI=1S/C8H14N2O2.C4H3BrO3S2/c1-4-11-5-9-8-6(2)7(3)12-10-8;5-3-1-2-9-4(3)10(6,7)8/h4-5H2,1-3H3,(H,9,10);1-2H,(H,6,7,8). The maximum Gasteiger partial charge on any atom is 0.305 e. The number of anilines is 1. The van der Waals surface area contributed by atoms with Gasteiger partial charge >= 0.3 is 10.1 Å². The zero-order valence-electron chi connectivity index (χ0n) is 12.3. The number of rotatable bonds is 5. The summed E-state index contributed by atoms with van der Waals surface area (Å²) in [5, 5.41) is 8.41. The van der Waals surface area contributed by atoms with Gasteiger partial charge in [0, 0.05) is 16.6 Å². The van der Waals surface area contributed by atoms with Crippen molar-refractivity contribution in [3.05, 3.63) is 27.2 Å². The van der Waals surface area contributed by atoms with E-state index in [1.165, 1.54) is 0 Å². The van der Waals surface area contributed by atoms with Crippen molar-refractivity contribution in [1.82, 2.24) is 5.16 Å². The van der Waals surface area contributed by atoms with Crippen molar-refractivity contribution < 1.29 is 22.2 Å². The summed E-state index contributed by atoms with van der Waals surface area (Å²) in [7, 11) is -4.02. The van der Waals surface area contributed by atoms with Crippen LogP contribution in [0.15, 0.2) is 24.7 Å². The van der Waals surface area contributed by atoms with Crippen LogP contribution in [0.2, 0.25) is 0 Å². The highest BCUT2D eigenvalue weighted by molar-refractivity contribution is 9.10. The van der Waals surface area contributed by atoms with E-state index in [0.717, 1.165) is 28.5 Å². The van der Waals surface area contributed by atoms with Crippen LogP contribution >= 0.6 is 27.3 Å². The third-order valence-corrected chi connectivity index (χ3v) is 6.02. The molecule has 2 aromatic heterocycles. The topological polar surface area (TPSA) is 102 Å². The smallest absolute Gasteiger partial charge is 0.305 e. The molecule has 0 bridgehead atoms. The minimum Gasteiger partial charge on any atom is -0.362 e. The van der Waals surface area contributed by atoms with E-state index < -0.39 is 10.1 Å². The average molecular weight is 413 g/mol. The van der Waals surface area contributed by atoms with E-state index in [1.54, 1.807) is 11.4 Å². The van der Waals surface area contributed by atoms with Crippen LogP contribution < -0.4 is 5.32 Å². The first-order valence-corrected chi connectivity index (χ1v) is 9.33. The molecular weight excluding hydrogens is 396 g/mol. The minimum absolute atomic E-state index is 0.0486. The number of ether oxygens (including phenoxy) is 1. The zero-order chi connectivity index (χ0) is 16.8. The van der Waals surface area contributed by atoms with E-state index >= 15 is 0 Å². The summed E-state index contributed by atoms with van der Waals surface area (Å²) >= 11 is 3.94. The Balaban J connectivity index is 0.000000224. The maximum absolute atomic E-state index is 10.5. The summed E-state index contributed by atoms with van der Waals surface area (Å²) in [6, 6.07) is 1.56. The Labute approximate surface area is 141 Å². The number of halogens is 1. The Morgan fingerprint density at radius 2 is 2.18 bits per heavy atom. The number of thiophene rings is 1. The van der Waals surface area contributed by atoms with Crippen molar-refractivity contribution in [2.45, 2.75) is 25.0 Å². The fourth-order valence-corrected chi connectivity index (χ4v) is 3.95. The molecule has 0 fully saturated rings. The van der Waals surface area contributed by atoms with E-state index in [0.29, 0.717) is 17.8 Å². The van der Waals surface area contributed by atoms with Crippen LogP contribution in [0.25, 0.3) is 0 Å². The molecule has 0 unspecified atom stereocenters. The first-order valence-electron chi connectivity index (χ1n) is 6.22. The van der Waals surface area contributed by atoms with Crippen LogP contribution in [0.1, 0.15) is 18.2 Å². The summed E-state index contributed by atoms with van der Waals surface area (Å²) in [6.45, 7) is 6.96. The number of aryl methyl sites for hydroxylation is 1. The molecule has 2 rings (SSSR count). The van der Waals surface area contributed by atoms with Crippen molar-refractivity contribution in [2.24, 2.45) is 0 Å². The summed E-state index contributed by atoms with van der Waals surface area (Å²) in [6.07, 6.45) is 0. The van der Waals surface area contributed by atoms with Crippen molar-refractivity contribution in [3.63, 3.8) is 0 Å². The molecule has 0 saturated heterocycles. The zero-order valence-corrected chi connectivity index (χ0v) is 15.5. The van der Waals surface area contributed by atoms with Crippen molar-refractivity contribution in [2.75, 3.05) is 18.7 Å². The number of hydrogen-bond acceptors (Lipinski definition) is 7. The maximum atomic E-state index is 10.5.